The van der Waals surface area contributed by atoms with Crippen LogP contribution in [0.2, 0.25) is 0 Å². The highest BCUT2D eigenvalue weighted by Gasteiger charge is 2.22. The van der Waals surface area contributed by atoms with Gasteiger partial charge in [0.1, 0.15) is 0 Å². The molecule has 6 nitrogen and oxygen atoms in total. The maximum atomic E-state index is 12.3. The molecule has 0 unspecified atom stereocenters. The van der Waals surface area contributed by atoms with E-state index in [9.17, 15) is 13.2 Å². The number of sulfone groups is 1. The molecule has 0 aliphatic rings. The second-order valence-electron chi connectivity index (χ2n) is 4.60. The third-order valence-corrected chi connectivity index (χ3v) is 4.67. The van der Waals surface area contributed by atoms with Crippen LogP contribution >= 0.6 is 0 Å². The molecule has 1 heterocycles. The van der Waals surface area contributed by atoms with Gasteiger partial charge in [-0.15, -0.1) is 0 Å². The van der Waals surface area contributed by atoms with Crippen molar-refractivity contribution in [3.8, 4) is 0 Å². The maximum Gasteiger partial charge on any atom is 0.287 e. The lowest BCUT2D eigenvalue weighted by Crippen LogP contribution is -2.27. The predicted octanol–water partition coefficient (Wildman–Crippen LogP) is 1.63. The van der Waals surface area contributed by atoms with Crippen LogP contribution < -0.4 is 5.32 Å². The lowest BCUT2D eigenvalue weighted by Gasteiger charge is -2.06. The number of ether oxygens (including phenoxy) is 1. The van der Waals surface area contributed by atoms with Gasteiger partial charge in [0.25, 0.3) is 5.91 Å². The zero-order chi connectivity index (χ0) is 16.0. The maximum absolute atomic E-state index is 12.3. The third kappa shape index (κ3) is 3.96. The summed E-state index contributed by atoms with van der Waals surface area (Å²) in [5.74, 6) is -0.739. The van der Waals surface area contributed by atoms with E-state index in [1.165, 1.54) is 31.6 Å². The smallest absolute Gasteiger partial charge is 0.287 e. The van der Waals surface area contributed by atoms with Crippen molar-refractivity contribution >= 4 is 15.7 Å². The van der Waals surface area contributed by atoms with Gasteiger partial charge in [-0.05, 0) is 18.2 Å². The number of benzene rings is 1. The summed E-state index contributed by atoms with van der Waals surface area (Å²) in [6.45, 7) is 0.686. The summed E-state index contributed by atoms with van der Waals surface area (Å²) in [7, 11) is -2.00. The highest BCUT2D eigenvalue weighted by atomic mass is 32.2. The molecule has 0 fully saturated rings. The first-order valence-electron chi connectivity index (χ1n) is 6.66. The summed E-state index contributed by atoms with van der Waals surface area (Å²) in [5.41, 5.74) is 0.332. The van der Waals surface area contributed by atoms with Crippen LogP contribution in [-0.4, -0.2) is 34.6 Å². The second-order valence-corrected chi connectivity index (χ2v) is 6.59. The average molecular weight is 323 g/mol. The molecule has 1 amide bonds. The number of rotatable bonds is 7. The largest absolute Gasteiger partial charge is 0.459 e. The van der Waals surface area contributed by atoms with Crippen molar-refractivity contribution in [2.75, 3.05) is 20.3 Å². The number of carbonyl (C=O) groups is 1. The van der Waals surface area contributed by atoms with Crippen LogP contribution in [0.15, 0.2) is 52.0 Å². The molecule has 0 aliphatic carbocycles. The normalized spacial score (nSPS) is 11.3. The number of furan rings is 1. The quantitative estimate of drug-likeness (QED) is 0.783. The summed E-state index contributed by atoms with van der Waals surface area (Å²) >= 11 is 0. The molecule has 1 aromatic heterocycles. The van der Waals surface area contributed by atoms with E-state index in [2.05, 4.69) is 5.32 Å². The van der Waals surface area contributed by atoms with Crippen LogP contribution in [0.1, 0.15) is 16.1 Å². The van der Waals surface area contributed by atoms with Crippen LogP contribution in [0, 0.1) is 0 Å². The van der Waals surface area contributed by atoms with Crippen LogP contribution in [0.5, 0.6) is 0 Å². The van der Waals surface area contributed by atoms with Crippen molar-refractivity contribution in [3.63, 3.8) is 0 Å². The number of nitrogens with one attached hydrogen (secondary N) is 1. The van der Waals surface area contributed by atoms with Gasteiger partial charge in [-0.3, -0.25) is 4.79 Å². The summed E-state index contributed by atoms with van der Waals surface area (Å²) in [5, 5.41) is 2.60. The fourth-order valence-electron chi connectivity index (χ4n) is 1.91. The van der Waals surface area contributed by atoms with Crippen molar-refractivity contribution in [1.82, 2.24) is 5.32 Å². The van der Waals surface area contributed by atoms with Crippen LogP contribution in [0.25, 0.3) is 0 Å². The molecular weight excluding hydrogens is 306 g/mol. The van der Waals surface area contributed by atoms with Crippen LogP contribution in [0.3, 0.4) is 0 Å². The molecule has 0 radical (unpaired) electrons. The van der Waals surface area contributed by atoms with Crippen molar-refractivity contribution in [2.24, 2.45) is 0 Å². The Labute approximate surface area is 129 Å². The Morgan fingerprint density at radius 2 is 1.95 bits per heavy atom. The number of methoxy groups -OCH3 is 1. The summed E-state index contributed by atoms with van der Waals surface area (Å²) in [6, 6.07) is 9.58. The Hall–Kier alpha value is -2.12. The lowest BCUT2D eigenvalue weighted by molar-refractivity contribution is 0.0908. The van der Waals surface area contributed by atoms with Crippen molar-refractivity contribution in [2.45, 2.75) is 10.6 Å². The van der Waals surface area contributed by atoms with Gasteiger partial charge in [-0.25, -0.2) is 8.42 Å². The molecule has 0 atom stereocenters. The van der Waals surface area contributed by atoms with Crippen LogP contribution in [-0.2, 0) is 20.3 Å². The van der Waals surface area contributed by atoms with Crippen molar-refractivity contribution < 1.29 is 22.4 Å². The van der Waals surface area contributed by atoms with E-state index < -0.39 is 15.7 Å². The van der Waals surface area contributed by atoms with E-state index in [-0.39, 0.29) is 16.4 Å². The Morgan fingerprint density at radius 3 is 2.64 bits per heavy atom. The predicted molar refractivity (Wildman–Crippen MR) is 80.2 cm³/mol. The molecule has 1 aromatic carbocycles. The molecule has 0 aliphatic heterocycles. The Morgan fingerprint density at radius 1 is 1.23 bits per heavy atom. The standard InChI is InChI=1S/C15H17NO5S/c1-20-10-8-16-15(17)14-12(7-9-21-14)11-22(18,19)13-5-3-2-4-6-13/h2-7,9H,8,10-11H2,1H3,(H,16,17). The Bertz CT molecular complexity index is 721. The molecule has 0 bridgehead atoms. The molecule has 7 heteroatoms. The van der Waals surface area contributed by atoms with Gasteiger partial charge in [-0.1, -0.05) is 18.2 Å². The van der Waals surface area contributed by atoms with Gasteiger partial charge in [-0.2, -0.15) is 0 Å². The van der Waals surface area contributed by atoms with Crippen molar-refractivity contribution in [1.29, 1.82) is 0 Å². The average Bonchev–Trinajstić information content (AvgIpc) is 2.96. The Kier molecular flexibility index (Phi) is 5.35. The van der Waals surface area contributed by atoms with Gasteiger partial charge in [0, 0.05) is 19.2 Å². The molecule has 0 spiro atoms. The third-order valence-electron chi connectivity index (χ3n) is 2.99. The number of carbonyl (C=O) groups excluding carboxylic acids is 1. The zero-order valence-electron chi connectivity index (χ0n) is 12.1. The van der Waals surface area contributed by atoms with E-state index in [0.29, 0.717) is 18.7 Å². The first-order valence-corrected chi connectivity index (χ1v) is 8.31. The van der Waals surface area contributed by atoms with E-state index in [1.54, 1.807) is 18.2 Å². The Balaban J connectivity index is 2.15. The zero-order valence-corrected chi connectivity index (χ0v) is 12.9. The first-order chi connectivity index (χ1) is 10.5. The fraction of sp³-hybridized carbons (Fsp3) is 0.267. The highest BCUT2D eigenvalue weighted by molar-refractivity contribution is 7.90. The van der Waals surface area contributed by atoms with Crippen LogP contribution in [0.4, 0.5) is 0 Å². The second kappa shape index (κ2) is 7.24. The van der Waals surface area contributed by atoms with E-state index in [4.69, 9.17) is 9.15 Å². The molecule has 118 valence electrons. The molecule has 0 saturated carbocycles. The molecule has 2 rings (SSSR count). The van der Waals surface area contributed by atoms with Gasteiger partial charge < -0.3 is 14.5 Å². The fourth-order valence-corrected chi connectivity index (χ4v) is 3.29. The number of hydrogen-bond acceptors (Lipinski definition) is 5. The van der Waals surface area contributed by atoms with Gasteiger partial charge in [0.05, 0.1) is 23.5 Å². The topological polar surface area (TPSA) is 85.6 Å². The highest BCUT2D eigenvalue weighted by Crippen LogP contribution is 2.19. The number of amides is 1. The summed E-state index contributed by atoms with van der Waals surface area (Å²) < 4.78 is 34.6. The molecule has 0 saturated heterocycles. The van der Waals surface area contributed by atoms with E-state index >= 15 is 0 Å². The SMILES string of the molecule is COCCNC(=O)c1occc1CS(=O)(=O)c1ccccc1. The van der Waals surface area contributed by atoms with E-state index in [1.807, 2.05) is 0 Å². The monoisotopic (exact) mass is 323 g/mol. The lowest BCUT2D eigenvalue weighted by atomic mass is 10.2. The molecule has 22 heavy (non-hydrogen) atoms. The van der Waals surface area contributed by atoms with Gasteiger partial charge in [0.2, 0.25) is 0 Å². The number of hydrogen-bond donors (Lipinski definition) is 1. The van der Waals surface area contributed by atoms with Gasteiger partial charge in [0.15, 0.2) is 15.6 Å². The van der Waals surface area contributed by atoms with Gasteiger partial charge >= 0.3 is 0 Å². The minimum absolute atomic E-state index is 0.00982. The summed E-state index contributed by atoms with van der Waals surface area (Å²) in [6.07, 6.45) is 1.31. The minimum Gasteiger partial charge on any atom is -0.459 e. The van der Waals surface area contributed by atoms with E-state index in [0.717, 1.165) is 0 Å². The molecule has 1 N–H and O–H groups in total. The molecule has 2 aromatic rings. The van der Waals surface area contributed by atoms with Crippen molar-refractivity contribution in [3.05, 3.63) is 54.0 Å². The minimum atomic E-state index is -3.53. The first kappa shape index (κ1) is 16.3. The molecular formula is C15H17NO5S. The summed E-state index contributed by atoms with van der Waals surface area (Å²) in [4.78, 5) is 12.2.